The maximum Gasteiger partial charge on any atom is 0.0224 e. The molecule has 0 radical (unpaired) electrons. The third-order valence-electron chi connectivity index (χ3n) is 4.39. The summed E-state index contributed by atoms with van der Waals surface area (Å²) in [5.74, 6) is 0. The van der Waals surface area contributed by atoms with Crippen molar-refractivity contribution in [2.75, 3.05) is 0 Å². The second-order valence-corrected chi connectivity index (χ2v) is 5.33. The molecule has 14 heavy (non-hydrogen) atoms. The van der Waals surface area contributed by atoms with Gasteiger partial charge in [-0.2, -0.15) is 0 Å². The van der Waals surface area contributed by atoms with Gasteiger partial charge in [0.05, 0.1) is 0 Å². The van der Waals surface area contributed by atoms with Gasteiger partial charge in [0.15, 0.2) is 0 Å². The Kier molecular flexibility index (Phi) is 2.50. The van der Waals surface area contributed by atoms with Gasteiger partial charge in [-0.3, -0.25) is 0 Å². The van der Waals surface area contributed by atoms with Crippen molar-refractivity contribution in [1.82, 2.24) is 10.6 Å². The van der Waals surface area contributed by atoms with Crippen LogP contribution in [0.15, 0.2) is 0 Å². The molecule has 0 bridgehead atoms. The van der Waals surface area contributed by atoms with E-state index in [2.05, 4.69) is 10.6 Å². The van der Waals surface area contributed by atoms with E-state index >= 15 is 0 Å². The highest BCUT2D eigenvalue weighted by Crippen LogP contribution is 2.28. The second kappa shape index (κ2) is 3.82. The van der Waals surface area contributed by atoms with E-state index in [4.69, 9.17) is 0 Å². The molecule has 2 N–H and O–H groups in total. The summed E-state index contributed by atoms with van der Waals surface area (Å²) in [5.41, 5.74) is 0. The van der Waals surface area contributed by atoms with Crippen molar-refractivity contribution < 1.29 is 0 Å². The molecular weight excluding hydrogens is 172 g/mol. The van der Waals surface area contributed by atoms with E-state index in [0.29, 0.717) is 0 Å². The first-order valence-corrected chi connectivity index (χ1v) is 6.45. The Labute approximate surface area is 86.8 Å². The predicted octanol–water partition coefficient (Wildman–Crippen LogP) is 1.80. The number of rotatable bonds is 0. The van der Waals surface area contributed by atoms with E-state index in [1.54, 1.807) is 0 Å². The molecule has 0 unspecified atom stereocenters. The third kappa shape index (κ3) is 1.59. The van der Waals surface area contributed by atoms with Gasteiger partial charge >= 0.3 is 0 Å². The Balaban J connectivity index is 1.68. The highest BCUT2D eigenvalue weighted by atomic mass is 15.2. The summed E-state index contributed by atoms with van der Waals surface area (Å²) in [4.78, 5) is 0. The molecule has 3 rings (SSSR count). The smallest absolute Gasteiger partial charge is 0.0224 e. The lowest BCUT2D eigenvalue weighted by molar-refractivity contribution is 0.138. The van der Waals surface area contributed by atoms with Crippen molar-refractivity contribution >= 4 is 0 Å². The van der Waals surface area contributed by atoms with Crippen LogP contribution >= 0.6 is 0 Å². The largest absolute Gasteiger partial charge is 0.308 e. The normalized spacial score (nSPS) is 48.0. The van der Waals surface area contributed by atoms with Crippen LogP contribution in [-0.4, -0.2) is 24.2 Å². The van der Waals surface area contributed by atoms with Crippen LogP contribution in [0.25, 0.3) is 0 Å². The van der Waals surface area contributed by atoms with Crippen molar-refractivity contribution in [2.24, 2.45) is 0 Å². The van der Waals surface area contributed by atoms with Gasteiger partial charge in [-0.05, 0) is 25.7 Å². The van der Waals surface area contributed by atoms with Crippen LogP contribution in [0.4, 0.5) is 0 Å². The lowest BCUT2D eigenvalue weighted by atomic mass is 9.81. The van der Waals surface area contributed by atoms with Crippen molar-refractivity contribution in [2.45, 2.75) is 75.5 Å². The summed E-state index contributed by atoms with van der Waals surface area (Å²) in [6.07, 6.45) is 11.4. The molecule has 0 spiro atoms. The van der Waals surface area contributed by atoms with Crippen LogP contribution < -0.4 is 10.6 Å². The van der Waals surface area contributed by atoms with Gasteiger partial charge in [0, 0.05) is 24.2 Å². The number of hydrogen-bond acceptors (Lipinski definition) is 2. The minimum absolute atomic E-state index is 0.795. The molecule has 0 amide bonds. The SMILES string of the molecule is C1CC[C@@H]2N[C@@H]3CCCC[C@H]3N[C@H]2C1. The number of fused-ring (bicyclic) bond motifs is 2. The number of piperazine rings is 1. The molecule has 0 aromatic heterocycles. The molecule has 4 atom stereocenters. The van der Waals surface area contributed by atoms with Crippen LogP contribution in [-0.2, 0) is 0 Å². The first-order chi connectivity index (χ1) is 6.93. The first kappa shape index (κ1) is 9.17. The van der Waals surface area contributed by atoms with Gasteiger partial charge in [-0.15, -0.1) is 0 Å². The van der Waals surface area contributed by atoms with Crippen molar-refractivity contribution in [3.8, 4) is 0 Å². The van der Waals surface area contributed by atoms with E-state index in [0.717, 1.165) is 24.2 Å². The molecule has 0 aromatic carbocycles. The van der Waals surface area contributed by atoms with E-state index in [1.807, 2.05) is 0 Å². The second-order valence-electron chi connectivity index (χ2n) is 5.33. The molecule has 1 saturated heterocycles. The Hall–Kier alpha value is -0.0800. The molecule has 1 heterocycles. The van der Waals surface area contributed by atoms with Crippen molar-refractivity contribution in [1.29, 1.82) is 0 Å². The lowest BCUT2D eigenvalue weighted by Gasteiger charge is -2.47. The highest BCUT2D eigenvalue weighted by Gasteiger charge is 2.37. The lowest BCUT2D eigenvalue weighted by Crippen LogP contribution is -2.67. The maximum absolute atomic E-state index is 3.89. The van der Waals surface area contributed by atoms with Crippen molar-refractivity contribution in [3.05, 3.63) is 0 Å². The molecule has 2 nitrogen and oxygen atoms in total. The Morgan fingerprint density at radius 1 is 0.500 bits per heavy atom. The molecule has 2 aliphatic carbocycles. The van der Waals surface area contributed by atoms with Crippen LogP contribution in [0.5, 0.6) is 0 Å². The molecule has 80 valence electrons. The zero-order chi connectivity index (χ0) is 9.38. The standard InChI is InChI=1S/C12H22N2/c1-2-6-10-9(5-1)13-11-7-3-4-8-12(11)14-10/h9-14H,1-8H2/t9-,10-,11+,12+. The van der Waals surface area contributed by atoms with E-state index in [9.17, 15) is 0 Å². The molecule has 2 saturated carbocycles. The Bertz CT molecular complexity index is 162. The molecule has 2 heteroatoms. The Morgan fingerprint density at radius 2 is 0.786 bits per heavy atom. The summed E-state index contributed by atoms with van der Waals surface area (Å²) in [6.45, 7) is 0. The summed E-state index contributed by atoms with van der Waals surface area (Å²) in [6, 6.07) is 3.18. The molecular formula is C12H22N2. The van der Waals surface area contributed by atoms with Gasteiger partial charge in [-0.25, -0.2) is 0 Å². The fraction of sp³-hybridized carbons (Fsp3) is 1.00. The quantitative estimate of drug-likeness (QED) is 0.614. The van der Waals surface area contributed by atoms with E-state index < -0.39 is 0 Å². The van der Waals surface area contributed by atoms with Crippen LogP contribution in [0.2, 0.25) is 0 Å². The van der Waals surface area contributed by atoms with E-state index in [1.165, 1.54) is 51.4 Å². The molecule has 1 aliphatic heterocycles. The minimum Gasteiger partial charge on any atom is -0.308 e. The zero-order valence-electron chi connectivity index (χ0n) is 8.97. The average Bonchev–Trinajstić information content (AvgIpc) is 2.26. The summed E-state index contributed by atoms with van der Waals surface area (Å²) < 4.78 is 0. The average molecular weight is 194 g/mol. The first-order valence-electron chi connectivity index (χ1n) is 6.45. The summed E-state index contributed by atoms with van der Waals surface area (Å²) in [7, 11) is 0. The maximum atomic E-state index is 3.89. The van der Waals surface area contributed by atoms with Gasteiger partial charge in [0.25, 0.3) is 0 Å². The fourth-order valence-electron chi connectivity index (χ4n) is 3.61. The minimum atomic E-state index is 0.795. The molecule has 0 aromatic rings. The Morgan fingerprint density at radius 3 is 1.07 bits per heavy atom. The van der Waals surface area contributed by atoms with E-state index in [-0.39, 0.29) is 0 Å². The predicted molar refractivity (Wildman–Crippen MR) is 58.4 cm³/mol. The summed E-state index contributed by atoms with van der Waals surface area (Å²) in [5, 5.41) is 7.79. The molecule has 3 fully saturated rings. The van der Waals surface area contributed by atoms with Gasteiger partial charge in [0.2, 0.25) is 0 Å². The molecule has 3 aliphatic rings. The van der Waals surface area contributed by atoms with Crippen LogP contribution in [0.3, 0.4) is 0 Å². The summed E-state index contributed by atoms with van der Waals surface area (Å²) >= 11 is 0. The van der Waals surface area contributed by atoms with Gasteiger partial charge in [0.1, 0.15) is 0 Å². The topological polar surface area (TPSA) is 24.1 Å². The van der Waals surface area contributed by atoms with Crippen LogP contribution in [0.1, 0.15) is 51.4 Å². The zero-order valence-corrected chi connectivity index (χ0v) is 8.97. The number of nitrogens with one attached hydrogen (secondary N) is 2. The van der Waals surface area contributed by atoms with Crippen molar-refractivity contribution in [3.63, 3.8) is 0 Å². The van der Waals surface area contributed by atoms with Crippen LogP contribution in [0, 0.1) is 0 Å². The third-order valence-corrected chi connectivity index (χ3v) is 4.39. The van der Waals surface area contributed by atoms with Gasteiger partial charge in [-0.1, -0.05) is 25.7 Å². The highest BCUT2D eigenvalue weighted by molar-refractivity contribution is 5.00. The fourth-order valence-corrected chi connectivity index (χ4v) is 3.61. The number of hydrogen-bond donors (Lipinski definition) is 2. The van der Waals surface area contributed by atoms with Gasteiger partial charge < -0.3 is 10.6 Å². The monoisotopic (exact) mass is 194 g/mol.